The molecule has 0 bridgehead atoms. The lowest BCUT2D eigenvalue weighted by molar-refractivity contribution is -0.127. The molecular formula is C18H28N2O3. The summed E-state index contributed by atoms with van der Waals surface area (Å²) in [6.45, 7) is 8.82. The Kier molecular flexibility index (Phi) is 5.50. The van der Waals surface area contributed by atoms with Gasteiger partial charge in [0, 0.05) is 32.3 Å². The number of methoxy groups -OCH3 is 1. The standard InChI is InChI=1S/C18H28N2O3/c1-14-6-5-9-18(2,3)15(14)7-8-16(21)19-10-12-20(13-11-19)17(22)23-4/h7-8H,5-6,9-13H2,1-4H3. The zero-order valence-electron chi connectivity index (χ0n) is 14.7. The number of ether oxygens (including phenoxy) is 1. The lowest BCUT2D eigenvalue weighted by Crippen LogP contribution is -2.50. The number of carbonyl (C=O) groups is 2. The molecule has 0 aromatic heterocycles. The number of amides is 2. The zero-order chi connectivity index (χ0) is 17.0. The molecule has 1 aliphatic carbocycles. The van der Waals surface area contributed by atoms with Crippen LogP contribution in [0.3, 0.4) is 0 Å². The predicted octanol–water partition coefficient (Wildman–Crippen LogP) is 2.98. The first-order valence-corrected chi connectivity index (χ1v) is 8.35. The lowest BCUT2D eigenvalue weighted by atomic mass is 9.72. The van der Waals surface area contributed by atoms with Crippen molar-refractivity contribution in [2.24, 2.45) is 5.41 Å². The second-order valence-electron chi connectivity index (χ2n) is 7.05. The summed E-state index contributed by atoms with van der Waals surface area (Å²) in [6, 6.07) is 0. The van der Waals surface area contributed by atoms with Gasteiger partial charge in [0.1, 0.15) is 0 Å². The van der Waals surface area contributed by atoms with E-state index in [0.717, 1.165) is 12.8 Å². The van der Waals surface area contributed by atoms with Crippen LogP contribution in [-0.2, 0) is 9.53 Å². The molecule has 0 radical (unpaired) electrons. The minimum atomic E-state index is -0.322. The third-order valence-corrected chi connectivity index (χ3v) is 4.96. The Morgan fingerprint density at radius 2 is 1.74 bits per heavy atom. The molecule has 2 amide bonds. The molecule has 0 saturated carbocycles. The number of carbonyl (C=O) groups excluding carboxylic acids is 2. The number of nitrogens with zero attached hydrogens (tertiary/aromatic N) is 2. The highest BCUT2D eigenvalue weighted by Gasteiger charge is 2.27. The van der Waals surface area contributed by atoms with E-state index < -0.39 is 0 Å². The van der Waals surface area contributed by atoms with Gasteiger partial charge in [-0.3, -0.25) is 4.79 Å². The van der Waals surface area contributed by atoms with Crippen LogP contribution in [-0.4, -0.2) is 55.1 Å². The number of hydrogen-bond donors (Lipinski definition) is 0. The van der Waals surface area contributed by atoms with Gasteiger partial charge in [-0.1, -0.05) is 25.5 Å². The summed E-state index contributed by atoms with van der Waals surface area (Å²) in [6.07, 6.45) is 6.88. The van der Waals surface area contributed by atoms with Crippen molar-refractivity contribution >= 4 is 12.0 Å². The van der Waals surface area contributed by atoms with Gasteiger partial charge in [-0.2, -0.15) is 0 Å². The fraction of sp³-hybridized carbons (Fsp3) is 0.667. The van der Waals surface area contributed by atoms with Gasteiger partial charge in [-0.15, -0.1) is 0 Å². The molecular weight excluding hydrogens is 292 g/mol. The van der Waals surface area contributed by atoms with Gasteiger partial charge in [-0.25, -0.2) is 4.79 Å². The van der Waals surface area contributed by atoms with E-state index >= 15 is 0 Å². The Hall–Kier alpha value is -1.78. The minimum absolute atomic E-state index is 0.0242. The fourth-order valence-corrected chi connectivity index (χ4v) is 3.51. The maximum Gasteiger partial charge on any atom is 0.409 e. The van der Waals surface area contributed by atoms with Gasteiger partial charge in [0.15, 0.2) is 0 Å². The SMILES string of the molecule is COC(=O)N1CCN(C(=O)C=CC2=C(C)CCCC2(C)C)CC1. The molecule has 0 unspecified atom stereocenters. The van der Waals surface area contributed by atoms with Crippen LogP contribution in [0.4, 0.5) is 4.79 Å². The third-order valence-electron chi connectivity index (χ3n) is 4.96. The first-order chi connectivity index (χ1) is 10.8. The normalized spacial score (nSPS) is 21.7. The molecule has 2 rings (SSSR count). The second-order valence-corrected chi connectivity index (χ2v) is 7.05. The summed E-state index contributed by atoms with van der Waals surface area (Å²) in [4.78, 5) is 27.3. The molecule has 5 heteroatoms. The van der Waals surface area contributed by atoms with Crippen molar-refractivity contribution in [1.29, 1.82) is 0 Å². The average Bonchev–Trinajstić information content (AvgIpc) is 2.53. The van der Waals surface area contributed by atoms with Crippen molar-refractivity contribution in [3.8, 4) is 0 Å². The molecule has 1 fully saturated rings. The molecule has 0 N–H and O–H groups in total. The molecule has 2 aliphatic rings. The second kappa shape index (κ2) is 7.20. The molecule has 1 heterocycles. The van der Waals surface area contributed by atoms with E-state index in [4.69, 9.17) is 4.74 Å². The molecule has 0 aromatic carbocycles. The van der Waals surface area contributed by atoms with Gasteiger partial charge in [0.25, 0.3) is 0 Å². The Bertz CT molecular complexity index is 526. The zero-order valence-corrected chi connectivity index (χ0v) is 14.7. The van der Waals surface area contributed by atoms with Crippen LogP contribution in [0.2, 0.25) is 0 Å². The van der Waals surface area contributed by atoms with Crippen molar-refractivity contribution in [3.63, 3.8) is 0 Å². The lowest BCUT2D eigenvalue weighted by Gasteiger charge is -2.34. The highest BCUT2D eigenvalue weighted by molar-refractivity contribution is 5.88. The van der Waals surface area contributed by atoms with Crippen molar-refractivity contribution in [3.05, 3.63) is 23.3 Å². The van der Waals surface area contributed by atoms with Gasteiger partial charge in [0.05, 0.1) is 7.11 Å². The predicted molar refractivity (Wildman–Crippen MR) is 90.0 cm³/mol. The number of rotatable bonds is 2. The first-order valence-electron chi connectivity index (χ1n) is 8.35. The molecule has 128 valence electrons. The van der Waals surface area contributed by atoms with Crippen molar-refractivity contribution in [1.82, 2.24) is 9.80 Å². The van der Waals surface area contributed by atoms with Gasteiger partial charge in [0.2, 0.25) is 5.91 Å². The van der Waals surface area contributed by atoms with E-state index in [2.05, 4.69) is 20.8 Å². The summed E-state index contributed by atoms with van der Waals surface area (Å²) in [7, 11) is 1.38. The van der Waals surface area contributed by atoms with Crippen LogP contribution < -0.4 is 0 Å². The number of allylic oxidation sites excluding steroid dienone is 3. The van der Waals surface area contributed by atoms with Crippen LogP contribution in [0, 0.1) is 5.41 Å². The van der Waals surface area contributed by atoms with E-state index in [1.165, 1.54) is 24.7 Å². The highest BCUT2D eigenvalue weighted by Crippen LogP contribution is 2.40. The molecule has 0 aromatic rings. The number of hydrogen-bond acceptors (Lipinski definition) is 3. The monoisotopic (exact) mass is 320 g/mol. The average molecular weight is 320 g/mol. The molecule has 1 saturated heterocycles. The summed E-state index contributed by atoms with van der Waals surface area (Å²) in [5.41, 5.74) is 2.83. The van der Waals surface area contributed by atoms with Crippen LogP contribution in [0.1, 0.15) is 40.0 Å². The third kappa shape index (κ3) is 4.15. The topological polar surface area (TPSA) is 49.9 Å². The highest BCUT2D eigenvalue weighted by atomic mass is 16.5. The molecule has 0 spiro atoms. The van der Waals surface area contributed by atoms with Crippen LogP contribution in [0.5, 0.6) is 0 Å². The fourth-order valence-electron chi connectivity index (χ4n) is 3.51. The summed E-state index contributed by atoms with van der Waals surface area (Å²) in [5.74, 6) is 0.0242. The molecule has 5 nitrogen and oxygen atoms in total. The van der Waals surface area contributed by atoms with E-state index in [-0.39, 0.29) is 17.4 Å². The van der Waals surface area contributed by atoms with Gasteiger partial charge < -0.3 is 14.5 Å². The van der Waals surface area contributed by atoms with E-state index in [1.807, 2.05) is 6.08 Å². The molecule has 23 heavy (non-hydrogen) atoms. The minimum Gasteiger partial charge on any atom is -0.453 e. The summed E-state index contributed by atoms with van der Waals surface area (Å²) in [5, 5.41) is 0. The maximum absolute atomic E-state index is 12.4. The Morgan fingerprint density at radius 1 is 1.13 bits per heavy atom. The Labute approximate surface area is 139 Å². The summed E-state index contributed by atoms with van der Waals surface area (Å²) >= 11 is 0. The quantitative estimate of drug-likeness (QED) is 0.735. The number of piperazine rings is 1. The smallest absolute Gasteiger partial charge is 0.409 e. The van der Waals surface area contributed by atoms with Crippen molar-refractivity contribution in [2.75, 3.05) is 33.3 Å². The Balaban J connectivity index is 1.96. The van der Waals surface area contributed by atoms with E-state index in [1.54, 1.807) is 15.9 Å². The molecule has 1 aliphatic heterocycles. The van der Waals surface area contributed by atoms with Crippen LogP contribution >= 0.6 is 0 Å². The van der Waals surface area contributed by atoms with Crippen molar-refractivity contribution < 1.29 is 14.3 Å². The summed E-state index contributed by atoms with van der Waals surface area (Å²) < 4.78 is 4.71. The molecule has 0 atom stereocenters. The van der Waals surface area contributed by atoms with Crippen LogP contribution in [0.25, 0.3) is 0 Å². The van der Waals surface area contributed by atoms with Crippen molar-refractivity contribution in [2.45, 2.75) is 40.0 Å². The maximum atomic E-state index is 12.4. The largest absolute Gasteiger partial charge is 0.453 e. The van der Waals surface area contributed by atoms with Crippen LogP contribution in [0.15, 0.2) is 23.3 Å². The van der Waals surface area contributed by atoms with Gasteiger partial charge in [-0.05, 0) is 37.2 Å². The Morgan fingerprint density at radius 3 is 2.30 bits per heavy atom. The first kappa shape index (κ1) is 17.6. The van der Waals surface area contributed by atoms with E-state index in [9.17, 15) is 9.59 Å². The van der Waals surface area contributed by atoms with E-state index in [0.29, 0.717) is 26.2 Å². The van der Waals surface area contributed by atoms with Gasteiger partial charge >= 0.3 is 6.09 Å².